The van der Waals surface area contributed by atoms with E-state index in [0.717, 1.165) is 57.6 Å². The first-order chi connectivity index (χ1) is 9.36. The lowest BCUT2D eigenvalue weighted by molar-refractivity contribution is 0.269. The molecule has 3 rings (SSSR count). The van der Waals surface area contributed by atoms with E-state index >= 15 is 0 Å². The second kappa shape index (κ2) is 5.69. The monoisotopic (exact) mass is 262 g/mol. The summed E-state index contributed by atoms with van der Waals surface area (Å²) in [4.78, 5) is 11.7. The molecule has 2 aliphatic rings. The summed E-state index contributed by atoms with van der Waals surface area (Å²) in [7, 11) is 0. The number of hydrogen-bond acceptors (Lipinski definition) is 6. The van der Waals surface area contributed by atoms with Gasteiger partial charge in [-0.1, -0.05) is 6.92 Å². The van der Waals surface area contributed by atoms with Gasteiger partial charge in [-0.15, -0.1) is 5.10 Å². The van der Waals surface area contributed by atoms with Crippen molar-refractivity contribution in [3.63, 3.8) is 0 Å². The smallest absolute Gasteiger partial charge is 0.247 e. The van der Waals surface area contributed by atoms with Crippen molar-refractivity contribution < 1.29 is 0 Å². The number of rotatable bonds is 3. The first-order valence-electron chi connectivity index (χ1n) is 7.29. The zero-order valence-corrected chi connectivity index (χ0v) is 11.6. The van der Waals surface area contributed by atoms with E-state index < -0.39 is 0 Å². The highest BCUT2D eigenvalue weighted by molar-refractivity contribution is 5.42. The normalized spacial score (nSPS) is 21.1. The van der Waals surface area contributed by atoms with Crippen LogP contribution < -0.4 is 9.80 Å². The Morgan fingerprint density at radius 2 is 1.74 bits per heavy atom. The summed E-state index contributed by atoms with van der Waals surface area (Å²) in [6.45, 7) is 9.71. The fraction of sp³-hybridized carbons (Fsp3) is 0.769. The third kappa shape index (κ3) is 2.78. The highest BCUT2D eigenvalue weighted by Gasteiger charge is 2.20. The van der Waals surface area contributed by atoms with Gasteiger partial charge in [0.05, 0.1) is 6.20 Å². The molecule has 0 aliphatic carbocycles. The lowest BCUT2D eigenvalue weighted by atomic mass is 10.3. The van der Waals surface area contributed by atoms with Gasteiger partial charge in [-0.25, -0.2) is 0 Å². The molecular formula is C13H22N6. The third-order valence-electron chi connectivity index (χ3n) is 4.07. The predicted molar refractivity (Wildman–Crippen MR) is 75.6 cm³/mol. The Hall–Kier alpha value is -1.43. The van der Waals surface area contributed by atoms with E-state index in [1.807, 2.05) is 0 Å². The minimum Gasteiger partial charge on any atom is -0.355 e. The largest absolute Gasteiger partial charge is 0.355 e. The fourth-order valence-electron chi connectivity index (χ4n) is 2.78. The quantitative estimate of drug-likeness (QED) is 0.795. The van der Waals surface area contributed by atoms with E-state index in [4.69, 9.17) is 0 Å². The Balaban J connectivity index is 1.69. The molecule has 6 heteroatoms. The Bertz CT molecular complexity index is 409. The third-order valence-corrected chi connectivity index (χ3v) is 4.07. The zero-order chi connectivity index (χ0) is 13.1. The first kappa shape index (κ1) is 12.6. The molecule has 104 valence electrons. The fourth-order valence-corrected chi connectivity index (χ4v) is 2.78. The molecule has 2 saturated heterocycles. The van der Waals surface area contributed by atoms with E-state index in [1.54, 1.807) is 6.20 Å². The average molecular weight is 262 g/mol. The molecule has 0 spiro atoms. The molecule has 2 fully saturated rings. The zero-order valence-electron chi connectivity index (χ0n) is 11.6. The van der Waals surface area contributed by atoms with Crippen molar-refractivity contribution in [2.45, 2.75) is 19.8 Å². The van der Waals surface area contributed by atoms with Crippen molar-refractivity contribution in [2.75, 3.05) is 55.6 Å². The molecule has 2 aliphatic heterocycles. The number of likely N-dealkylation sites (N-methyl/N-ethyl adjacent to an activating group) is 1. The van der Waals surface area contributed by atoms with E-state index in [2.05, 4.69) is 36.8 Å². The molecule has 0 atom stereocenters. The second-order valence-electron chi connectivity index (χ2n) is 5.23. The highest BCUT2D eigenvalue weighted by Crippen LogP contribution is 2.19. The lowest BCUT2D eigenvalue weighted by Crippen LogP contribution is -2.46. The van der Waals surface area contributed by atoms with Crippen molar-refractivity contribution in [2.24, 2.45) is 0 Å². The van der Waals surface area contributed by atoms with E-state index in [0.29, 0.717) is 0 Å². The minimum absolute atomic E-state index is 0.792. The van der Waals surface area contributed by atoms with Gasteiger partial charge >= 0.3 is 0 Å². The van der Waals surface area contributed by atoms with Crippen molar-refractivity contribution in [1.82, 2.24) is 20.1 Å². The van der Waals surface area contributed by atoms with Crippen LogP contribution in [0.15, 0.2) is 6.20 Å². The number of nitrogens with zero attached hydrogens (tertiary/aromatic N) is 6. The SMILES string of the molecule is CCN1CCN(c2nncc(N3CCCC3)n2)CC1. The van der Waals surface area contributed by atoms with Crippen LogP contribution in [0.25, 0.3) is 0 Å². The summed E-state index contributed by atoms with van der Waals surface area (Å²) >= 11 is 0. The van der Waals surface area contributed by atoms with Crippen LogP contribution in [0, 0.1) is 0 Å². The van der Waals surface area contributed by atoms with Gasteiger partial charge in [-0.2, -0.15) is 10.1 Å². The van der Waals surface area contributed by atoms with E-state index in [-0.39, 0.29) is 0 Å². The molecule has 0 bridgehead atoms. The van der Waals surface area contributed by atoms with Gasteiger partial charge in [-0.05, 0) is 19.4 Å². The van der Waals surface area contributed by atoms with Crippen LogP contribution in [0.2, 0.25) is 0 Å². The number of hydrogen-bond donors (Lipinski definition) is 0. The molecule has 0 radical (unpaired) electrons. The van der Waals surface area contributed by atoms with Crippen LogP contribution >= 0.6 is 0 Å². The highest BCUT2D eigenvalue weighted by atomic mass is 15.4. The molecule has 3 heterocycles. The van der Waals surface area contributed by atoms with Crippen LogP contribution in [0.1, 0.15) is 19.8 Å². The molecule has 0 saturated carbocycles. The molecule has 0 unspecified atom stereocenters. The maximum Gasteiger partial charge on any atom is 0.247 e. The summed E-state index contributed by atoms with van der Waals surface area (Å²) in [5, 5.41) is 8.34. The van der Waals surface area contributed by atoms with Crippen LogP contribution in [0.5, 0.6) is 0 Å². The Morgan fingerprint density at radius 1 is 1.00 bits per heavy atom. The standard InChI is InChI=1S/C13H22N6/c1-2-17-7-9-19(10-8-17)13-15-12(11-14-16-13)18-5-3-4-6-18/h11H,2-10H2,1H3. The summed E-state index contributed by atoms with van der Waals surface area (Å²) in [5.74, 6) is 1.78. The molecule has 0 aromatic carbocycles. The van der Waals surface area contributed by atoms with Crippen LogP contribution in [0.3, 0.4) is 0 Å². The minimum atomic E-state index is 0.792. The number of aromatic nitrogens is 3. The molecule has 6 nitrogen and oxygen atoms in total. The van der Waals surface area contributed by atoms with E-state index in [1.165, 1.54) is 12.8 Å². The van der Waals surface area contributed by atoms with Crippen LogP contribution in [0.4, 0.5) is 11.8 Å². The van der Waals surface area contributed by atoms with Gasteiger partial charge < -0.3 is 14.7 Å². The van der Waals surface area contributed by atoms with Gasteiger partial charge in [0.2, 0.25) is 5.95 Å². The second-order valence-corrected chi connectivity index (χ2v) is 5.23. The topological polar surface area (TPSA) is 48.4 Å². The van der Waals surface area contributed by atoms with Gasteiger partial charge in [0.1, 0.15) is 0 Å². The molecule has 0 amide bonds. The summed E-state index contributed by atoms with van der Waals surface area (Å²) in [6.07, 6.45) is 4.31. The van der Waals surface area contributed by atoms with Crippen molar-refractivity contribution in [3.8, 4) is 0 Å². The van der Waals surface area contributed by atoms with Gasteiger partial charge in [0, 0.05) is 39.3 Å². The van der Waals surface area contributed by atoms with Crippen molar-refractivity contribution in [3.05, 3.63) is 6.20 Å². The van der Waals surface area contributed by atoms with E-state index in [9.17, 15) is 0 Å². The van der Waals surface area contributed by atoms with Gasteiger partial charge in [-0.3, -0.25) is 0 Å². The number of anilines is 2. The van der Waals surface area contributed by atoms with Crippen LogP contribution in [-0.4, -0.2) is 65.9 Å². The maximum absolute atomic E-state index is 4.69. The molecule has 0 N–H and O–H groups in total. The number of piperazine rings is 1. The predicted octanol–water partition coefficient (Wildman–Crippen LogP) is 0.614. The lowest BCUT2D eigenvalue weighted by Gasteiger charge is -2.34. The Kier molecular flexibility index (Phi) is 3.77. The molecule has 19 heavy (non-hydrogen) atoms. The van der Waals surface area contributed by atoms with Crippen LogP contribution in [-0.2, 0) is 0 Å². The first-order valence-corrected chi connectivity index (χ1v) is 7.29. The molecular weight excluding hydrogens is 240 g/mol. The van der Waals surface area contributed by atoms with Crippen molar-refractivity contribution >= 4 is 11.8 Å². The molecule has 1 aromatic rings. The average Bonchev–Trinajstić information content (AvgIpc) is 3.02. The van der Waals surface area contributed by atoms with Gasteiger partial charge in [0.15, 0.2) is 5.82 Å². The summed E-state index contributed by atoms with van der Waals surface area (Å²) in [5.41, 5.74) is 0. The van der Waals surface area contributed by atoms with Gasteiger partial charge in [0.25, 0.3) is 0 Å². The molecule has 1 aromatic heterocycles. The Labute approximate surface area is 114 Å². The maximum atomic E-state index is 4.69. The van der Waals surface area contributed by atoms with Crippen molar-refractivity contribution in [1.29, 1.82) is 0 Å². The Morgan fingerprint density at radius 3 is 2.42 bits per heavy atom. The summed E-state index contributed by atoms with van der Waals surface area (Å²) < 4.78 is 0. The summed E-state index contributed by atoms with van der Waals surface area (Å²) in [6, 6.07) is 0.